The topological polar surface area (TPSA) is 93.5 Å². The largest absolute Gasteiger partial charge is 0.479 e. The number of carbonyl (C=O) groups is 2. The van der Waals surface area contributed by atoms with Gasteiger partial charge >= 0.3 is 5.97 Å². The smallest absolute Gasteiger partial charge is 0.331 e. The van der Waals surface area contributed by atoms with Crippen molar-refractivity contribution in [3.05, 3.63) is 47.0 Å². The van der Waals surface area contributed by atoms with Crippen molar-refractivity contribution in [1.29, 1.82) is 0 Å². The Hall–Kier alpha value is -2.71. The van der Waals surface area contributed by atoms with Gasteiger partial charge in [-0.05, 0) is 32.0 Å². The second-order valence-electron chi connectivity index (χ2n) is 6.19. The van der Waals surface area contributed by atoms with Crippen LogP contribution in [0, 0.1) is 6.92 Å². The summed E-state index contributed by atoms with van der Waals surface area (Å²) >= 11 is 1.27. The third-order valence-corrected chi connectivity index (χ3v) is 5.17. The molecule has 1 atom stereocenters. The second kappa shape index (κ2) is 6.89. The van der Waals surface area contributed by atoms with E-state index in [2.05, 4.69) is 10.4 Å². The first-order valence-corrected chi connectivity index (χ1v) is 8.77. The van der Waals surface area contributed by atoms with Crippen LogP contribution in [0.5, 0.6) is 0 Å². The summed E-state index contributed by atoms with van der Waals surface area (Å²) in [4.78, 5) is 25.4. The Bertz CT molecular complexity index is 964. The Balaban J connectivity index is 1.97. The van der Waals surface area contributed by atoms with Crippen molar-refractivity contribution >= 4 is 33.4 Å². The minimum atomic E-state index is -1.50. The van der Waals surface area contributed by atoms with Gasteiger partial charge in [0.15, 0.2) is 5.54 Å². The third-order valence-electron chi connectivity index (χ3n) is 4.06. The highest BCUT2D eigenvalue weighted by Crippen LogP contribution is 2.30. The molecule has 1 unspecified atom stereocenters. The first-order valence-electron chi connectivity index (χ1n) is 7.95. The van der Waals surface area contributed by atoms with Gasteiger partial charge in [-0.1, -0.05) is 18.2 Å². The van der Waals surface area contributed by atoms with Crippen molar-refractivity contribution in [2.24, 2.45) is 0 Å². The lowest BCUT2D eigenvalue weighted by Gasteiger charge is -2.24. The Morgan fingerprint density at radius 3 is 2.65 bits per heavy atom. The fourth-order valence-electron chi connectivity index (χ4n) is 2.66. The molecule has 1 aromatic carbocycles. The normalized spacial score (nSPS) is 13.5. The number of nitrogens with one attached hydrogen (secondary N) is 1. The second-order valence-corrected chi connectivity index (χ2v) is 7.22. The molecule has 0 aliphatic heterocycles. The molecule has 3 rings (SSSR count). The molecule has 0 saturated carbocycles. The van der Waals surface area contributed by atoms with Crippen LogP contribution in [0.2, 0.25) is 0 Å². The van der Waals surface area contributed by atoms with E-state index in [1.54, 1.807) is 10.7 Å². The fraction of sp³-hybridized carbons (Fsp3) is 0.278. The number of hydrogen-bond donors (Lipinski definition) is 2. The highest BCUT2D eigenvalue weighted by Gasteiger charge is 2.35. The first kappa shape index (κ1) is 18.1. The molecular formula is C18H19N3O4S. The van der Waals surface area contributed by atoms with Gasteiger partial charge in [-0.2, -0.15) is 5.10 Å². The van der Waals surface area contributed by atoms with E-state index in [0.717, 1.165) is 21.6 Å². The first-order chi connectivity index (χ1) is 12.4. The SMILES string of the molecule is COCC(C)(NC(=O)c1cc2c(C)nn(-c3ccccc3)c2s1)C(=O)O. The van der Waals surface area contributed by atoms with Crippen LogP contribution in [0.4, 0.5) is 0 Å². The van der Waals surface area contributed by atoms with Crippen LogP contribution in [0.25, 0.3) is 15.9 Å². The van der Waals surface area contributed by atoms with Gasteiger partial charge in [0, 0.05) is 12.5 Å². The summed E-state index contributed by atoms with van der Waals surface area (Å²) in [6.07, 6.45) is 0. The molecule has 0 saturated heterocycles. The third kappa shape index (κ3) is 3.21. The number of amides is 1. The Morgan fingerprint density at radius 2 is 2.04 bits per heavy atom. The number of nitrogens with zero attached hydrogens (tertiary/aromatic N) is 2. The molecule has 26 heavy (non-hydrogen) atoms. The van der Waals surface area contributed by atoms with Gasteiger partial charge < -0.3 is 15.2 Å². The number of aliphatic carboxylic acids is 1. The number of para-hydroxylation sites is 1. The van der Waals surface area contributed by atoms with Crippen molar-refractivity contribution in [1.82, 2.24) is 15.1 Å². The average molecular weight is 373 g/mol. The molecule has 2 N–H and O–H groups in total. The number of benzene rings is 1. The van der Waals surface area contributed by atoms with E-state index in [9.17, 15) is 14.7 Å². The predicted molar refractivity (Wildman–Crippen MR) is 99.1 cm³/mol. The lowest BCUT2D eigenvalue weighted by atomic mass is 10.0. The van der Waals surface area contributed by atoms with Crippen molar-refractivity contribution in [2.75, 3.05) is 13.7 Å². The van der Waals surface area contributed by atoms with E-state index in [1.807, 2.05) is 37.3 Å². The summed E-state index contributed by atoms with van der Waals surface area (Å²) in [6.45, 7) is 3.17. The number of carboxylic acid groups (broad SMARTS) is 1. The molecule has 2 aromatic heterocycles. The zero-order valence-electron chi connectivity index (χ0n) is 14.6. The fourth-order valence-corrected chi connectivity index (χ4v) is 3.73. The minimum absolute atomic E-state index is 0.129. The van der Waals surface area contributed by atoms with Crippen molar-refractivity contribution in [3.63, 3.8) is 0 Å². The van der Waals surface area contributed by atoms with E-state index < -0.39 is 17.4 Å². The molecule has 3 aromatic rings. The van der Waals surface area contributed by atoms with Gasteiger partial charge in [-0.25, -0.2) is 9.48 Å². The van der Waals surface area contributed by atoms with Crippen LogP contribution in [0.3, 0.4) is 0 Å². The zero-order valence-corrected chi connectivity index (χ0v) is 15.5. The highest BCUT2D eigenvalue weighted by atomic mass is 32.1. The maximum atomic E-state index is 12.6. The van der Waals surface area contributed by atoms with E-state index in [4.69, 9.17) is 4.74 Å². The maximum Gasteiger partial charge on any atom is 0.331 e. The summed E-state index contributed by atoms with van der Waals surface area (Å²) in [6, 6.07) is 11.4. The summed E-state index contributed by atoms with van der Waals surface area (Å²) < 4.78 is 6.73. The van der Waals surface area contributed by atoms with Crippen LogP contribution in [-0.4, -0.2) is 46.0 Å². The number of hydrogen-bond acceptors (Lipinski definition) is 5. The standard InChI is InChI=1S/C18H19N3O4S/c1-11-13-9-14(15(22)19-18(2,10-25-3)17(23)24)26-16(13)21(20-11)12-7-5-4-6-8-12/h4-9H,10H2,1-3H3,(H,19,22)(H,23,24). The summed E-state index contributed by atoms with van der Waals surface area (Å²) in [5.41, 5.74) is 0.203. The van der Waals surface area contributed by atoms with Gasteiger partial charge in [0.1, 0.15) is 4.83 Å². The molecule has 8 heteroatoms. The molecule has 1 amide bonds. The van der Waals surface area contributed by atoms with Gasteiger partial charge in [0.25, 0.3) is 5.91 Å². The molecular weight excluding hydrogens is 354 g/mol. The van der Waals surface area contributed by atoms with Crippen LogP contribution in [0.15, 0.2) is 36.4 Å². The number of thiophene rings is 1. The maximum absolute atomic E-state index is 12.6. The number of aromatic nitrogens is 2. The van der Waals surface area contributed by atoms with E-state index in [1.165, 1.54) is 25.4 Å². The quantitative estimate of drug-likeness (QED) is 0.693. The highest BCUT2D eigenvalue weighted by molar-refractivity contribution is 7.20. The molecule has 0 bridgehead atoms. The molecule has 0 aliphatic carbocycles. The van der Waals surface area contributed by atoms with Crippen LogP contribution >= 0.6 is 11.3 Å². The summed E-state index contributed by atoms with van der Waals surface area (Å²) in [5.74, 6) is -1.60. The number of ether oxygens (including phenoxy) is 1. The monoisotopic (exact) mass is 373 g/mol. The van der Waals surface area contributed by atoms with Crippen LogP contribution in [-0.2, 0) is 9.53 Å². The minimum Gasteiger partial charge on any atom is -0.479 e. The Labute approximate surface area is 154 Å². The van der Waals surface area contributed by atoms with Gasteiger partial charge in [0.05, 0.1) is 22.9 Å². The molecule has 7 nitrogen and oxygen atoms in total. The molecule has 0 fully saturated rings. The van der Waals surface area contributed by atoms with Crippen molar-refractivity contribution < 1.29 is 19.4 Å². The number of carbonyl (C=O) groups excluding carboxylic acids is 1. The van der Waals surface area contributed by atoms with Crippen molar-refractivity contribution in [2.45, 2.75) is 19.4 Å². The van der Waals surface area contributed by atoms with Crippen LogP contribution in [0.1, 0.15) is 22.3 Å². The van der Waals surface area contributed by atoms with E-state index in [-0.39, 0.29) is 6.61 Å². The summed E-state index contributed by atoms with van der Waals surface area (Å²) in [7, 11) is 1.39. The number of rotatable bonds is 6. The number of methoxy groups -OCH3 is 1. The molecule has 0 radical (unpaired) electrons. The van der Waals surface area contributed by atoms with E-state index in [0.29, 0.717) is 4.88 Å². The van der Waals surface area contributed by atoms with Crippen LogP contribution < -0.4 is 5.32 Å². The number of aryl methyl sites for hydroxylation is 1. The lowest BCUT2D eigenvalue weighted by Crippen LogP contribution is -2.55. The molecule has 136 valence electrons. The molecule has 0 spiro atoms. The predicted octanol–water partition coefficient (Wildman–Crippen LogP) is 2.61. The zero-order chi connectivity index (χ0) is 18.9. The Kier molecular flexibility index (Phi) is 4.80. The van der Waals surface area contributed by atoms with Gasteiger partial charge in [0.2, 0.25) is 0 Å². The molecule has 2 heterocycles. The van der Waals surface area contributed by atoms with E-state index >= 15 is 0 Å². The lowest BCUT2D eigenvalue weighted by molar-refractivity contribution is -0.145. The van der Waals surface area contributed by atoms with Crippen molar-refractivity contribution in [3.8, 4) is 5.69 Å². The Morgan fingerprint density at radius 1 is 1.35 bits per heavy atom. The average Bonchev–Trinajstić information content (AvgIpc) is 3.17. The summed E-state index contributed by atoms with van der Waals surface area (Å²) in [5, 5.41) is 17.3. The van der Waals surface area contributed by atoms with Gasteiger partial charge in [-0.15, -0.1) is 11.3 Å². The molecule has 0 aliphatic rings. The number of fused-ring (bicyclic) bond motifs is 1. The number of carboxylic acids is 1. The van der Waals surface area contributed by atoms with Gasteiger partial charge in [-0.3, -0.25) is 4.79 Å².